The van der Waals surface area contributed by atoms with Crippen molar-refractivity contribution in [2.75, 3.05) is 5.73 Å². The highest BCUT2D eigenvalue weighted by Crippen LogP contribution is 2.44. The number of anilines is 1. The van der Waals surface area contributed by atoms with Gasteiger partial charge < -0.3 is 5.73 Å². The van der Waals surface area contributed by atoms with Gasteiger partial charge in [0.05, 0.1) is 5.69 Å². The van der Waals surface area contributed by atoms with Crippen LogP contribution in [0.4, 0.5) is 14.5 Å². The lowest BCUT2D eigenvalue weighted by molar-refractivity contribution is 0.171. The van der Waals surface area contributed by atoms with Gasteiger partial charge in [-0.05, 0) is 86.7 Å². The van der Waals surface area contributed by atoms with Crippen molar-refractivity contribution in [1.82, 2.24) is 0 Å². The Kier molecular flexibility index (Phi) is 5.03. The molecule has 0 aromatic heterocycles. The fourth-order valence-corrected chi connectivity index (χ4v) is 4.65. The standard InChI is InChI=1S/C20H27F2N/c1-2-13-3-5-14(6-4-13)15-7-9-16(10-8-15)17-11-12-18(23)20(22)19(17)21/h2,11-16H,1,3-10,23H2. The summed E-state index contributed by atoms with van der Waals surface area (Å²) in [4.78, 5) is 0. The molecule has 2 N–H and O–H groups in total. The minimum absolute atomic E-state index is 0.0982. The summed E-state index contributed by atoms with van der Waals surface area (Å²) in [6.45, 7) is 3.91. The van der Waals surface area contributed by atoms with Gasteiger partial charge in [0.2, 0.25) is 0 Å². The Morgan fingerprint density at radius 2 is 1.43 bits per heavy atom. The van der Waals surface area contributed by atoms with E-state index in [2.05, 4.69) is 12.7 Å². The molecule has 0 radical (unpaired) electrons. The SMILES string of the molecule is C=CC1CCC(C2CCC(c3ccc(N)c(F)c3F)CC2)CC1. The topological polar surface area (TPSA) is 26.0 Å². The van der Waals surface area contributed by atoms with Crippen molar-refractivity contribution in [2.24, 2.45) is 17.8 Å². The zero-order valence-electron chi connectivity index (χ0n) is 13.7. The first kappa shape index (κ1) is 16.5. The maximum atomic E-state index is 14.1. The number of hydrogen-bond acceptors (Lipinski definition) is 1. The Morgan fingerprint density at radius 3 is 2.00 bits per heavy atom. The Hall–Kier alpha value is -1.38. The first-order chi connectivity index (χ1) is 11.1. The van der Waals surface area contributed by atoms with Gasteiger partial charge in [0.15, 0.2) is 11.6 Å². The lowest BCUT2D eigenvalue weighted by Gasteiger charge is -2.37. The second kappa shape index (κ2) is 7.02. The molecule has 0 heterocycles. The number of halogens is 2. The van der Waals surface area contributed by atoms with E-state index in [1.807, 2.05) is 0 Å². The second-order valence-corrected chi connectivity index (χ2v) is 7.39. The Labute approximate surface area is 138 Å². The average molecular weight is 319 g/mol. The summed E-state index contributed by atoms with van der Waals surface area (Å²) < 4.78 is 27.8. The first-order valence-electron chi connectivity index (χ1n) is 8.96. The Morgan fingerprint density at radius 1 is 0.870 bits per heavy atom. The molecule has 0 aliphatic heterocycles. The van der Waals surface area contributed by atoms with Crippen LogP contribution in [0.5, 0.6) is 0 Å². The summed E-state index contributed by atoms with van der Waals surface area (Å²) in [7, 11) is 0. The lowest BCUT2D eigenvalue weighted by Crippen LogP contribution is -2.25. The molecule has 3 rings (SSSR count). The minimum atomic E-state index is -0.882. The highest BCUT2D eigenvalue weighted by molar-refractivity contribution is 5.43. The summed E-state index contributed by atoms with van der Waals surface area (Å²) in [5.41, 5.74) is 5.86. The van der Waals surface area contributed by atoms with E-state index in [0.717, 1.165) is 37.5 Å². The minimum Gasteiger partial charge on any atom is -0.396 e. The molecule has 2 saturated carbocycles. The van der Waals surface area contributed by atoms with Crippen LogP contribution in [0, 0.1) is 29.4 Å². The van der Waals surface area contributed by atoms with Crippen molar-refractivity contribution in [3.05, 3.63) is 42.0 Å². The van der Waals surface area contributed by atoms with Crippen LogP contribution in [0.15, 0.2) is 24.8 Å². The van der Waals surface area contributed by atoms with Gasteiger partial charge in [-0.15, -0.1) is 6.58 Å². The van der Waals surface area contributed by atoms with Crippen LogP contribution >= 0.6 is 0 Å². The summed E-state index contributed by atoms with van der Waals surface area (Å²) >= 11 is 0. The van der Waals surface area contributed by atoms with Crippen molar-refractivity contribution in [2.45, 2.75) is 57.3 Å². The van der Waals surface area contributed by atoms with Crippen LogP contribution in [0.2, 0.25) is 0 Å². The summed E-state index contributed by atoms with van der Waals surface area (Å²) in [5.74, 6) is 0.812. The fraction of sp³-hybridized carbons (Fsp3) is 0.600. The maximum absolute atomic E-state index is 14.1. The number of benzene rings is 1. The van der Waals surface area contributed by atoms with Gasteiger partial charge >= 0.3 is 0 Å². The van der Waals surface area contributed by atoms with Gasteiger partial charge in [-0.25, -0.2) is 8.78 Å². The zero-order valence-corrected chi connectivity index (χ0v) is 13.7. The van der Waals surface area contributed by atoms with Gasteiger partial charge in [0.25, 0.3) is 0 Å². The third-order valence-corrected chi connectivity index (χ3v) is 6.17. The van der Waals surface area contributed by atoms with Crippen molar-refractivity contribution >= 4 is 5.69 Å². The third-order valence-electron chi connectivity index (χ3n) is 6.17. The van der Waals surface area contributed by atoms with E-state index < -0.39 is 11.6 Å². The molecule has 0 bridgehead atoms. The van der Waals surface area contributed by atoms with E-state index in [4.69, 9.17) is 5.73 Å². The van der Waals surface area contributed by atoms with E-state index in [1.54, 1.807) is 6.07 Å². The number of nitrogens with two attached hydrogens (primary N) is 1. The number of nitrogen functional groups attached to an aromatic ring is 1. The van der Waals surface area contributed by atoms with Crippen LogP contribution < -0.4 is 5.73 Å². The molecule has 2 fully saturated rings. The average Bonchev–Trinajstić information content (AvgIpc) is 2.60. The number of hydrogen-bond donors (Lipinski definition) is 1. The normalized spacial score (nSPS) is 31.7. The smallest absolute Gasteiger partial charge is 0.181 e. The van der Waals surface area contributed by atoms with Crippen LogP contribution in [-0.2, 0) is 0 Å². The third kappa shape index (κ3) is 3.44. The Bertz CT molecular complexity index is 553. The van der Waals surface area contributed by atoms with E-state index in [-0.39, 0.29) is 11.6 Å². The predicted octanol–water partition coefficient (Wildman–Crippen LogP) is 5.81. The van der Waals surface area contributed by atoms with Crippen molar-refractivity contribution in [3.8, 4) is 0 Å². The molecule has 0 spiro atoms. The molecule has 1 aromatic carbocycles. The largest absolute Gasteiger partial charge is 0.396 e. The van der Waals surface area contributed by atoms with Crippen LogP contribution in [0.25, 0.3) is 0 Å². The van der Waals surface area contributed by atoms with E-state index in [1.165, 1.54) is 31.7 Å². The number of allylic oxidation sites excluding steroid dienone is 1. The molecular formula is C20H27F2N. The fourth-order valence-electron chi connectivity index (χ4n) is 4.65. The molecule has 2 aliphatic rings. The summed E-state index contributed by atoms with van der Waals surface area (Å²) in [6.07, 6.45) is 11.5. The van der Waals surface area contributed by atoms with Gasteiger partial charge in [-0.3, -0.25) is 0 Å². The van der Waals surface area contributed by atoms with Gasteiger partial charge in [0, 0.05) is 0 Å². The molecular weight excluding hydrogens is 292 g/mol. The summed E-state index contributed by atoms with van der Waals surface area (Å²) in [5, 5.41) is 0. The number of rotatable bonds is 3. The van der Waals surface area contributed by atoms with E-state index in [0.29, 0.717) is 11.5 Å². The first-order valence-corrected chi connectivity index (χ1v) is 8.96. The predicted molar refractivity (Wildman–Crippen MR) is 91.1 cm³/mol. The molecule has 0 atom stereocenters. The lowest BCUT2D eigenvalue weighted by atomic mass is 9.68. The highest BCUT2D eigenvalue weighted by atomic mass is 19.2. The molecule has 0 amide bonds. The van der Waals surface area contributed by atoms with Gasteiger partial charge in [-0.2, -0.15) is 0 Å². The molecule has 1 nitrogen and oxygen atoms in total. The van der Waals surface area contributed by atoms with Gasteiger partial charge in [0.1, 0.15) is 0 Å². The molecule has 0 saturated heterocycles. The molecule has 23 heavy (non-hydrogen) atoms. The molecule has 126 valence electrons. The summed E-state index contributed by atoms with van der Waals surface area (Å²) in [6, 6.07) is 3.17. The highest BCUT2D eigenvalue weighted by Gasteiger charge is 2.31. The Balaban J connectivity index is 1.59. The van der Waals surface area contributed by atoms with Crippen molar-refractivity contribution in [3.63, 3.8) is 0 Å². The maximum Gasteiger partial charge on any atom is 0.181 e. The second-order valence-electron chi connectivity index (χ2n) is 7.39. The van der Waals surface area contributed by atoms with E-state index in [9.17, 15) is 8.78 Å². The van der Waals surface area contributed by atoms with Crippen LogP contribution in [0.1, 0.15) is 62.8 Å². The van der Waals surface area contributed by atoms with Crippen LogP contribution in [0.3, 0.4) is 0 Å². The van der Waals surface area contributed by atoms with Crippen molar-refractivity contribution < 1.29 is 8.78 Å². The monoisotopic (exact) mass is 319 g/mol. The zero-order chi connectivity index (χ0) is 16.4. The molecule has 1 aromatic rings. The quantitative estimate of drug-likeness (QED) is 0.552. The van der Waals surface area contributed by atoms with Crippen molar-refractivity contribution in [1.29, 1.82) is 0 Å². The van der Waals surface area contributed by atoms with Crippen LogP contribution in [-0.4, -0.2) is 0 Å². The molecule has 0 unspecified atom stereocenters. The molecule has 3 heteroatoms. The van der Waals surface area contributed by atoms with Gasteiger partial charge in [-0.1, -0.05) is 12.1 Å². The van der Waals surface area contributed by atoms with E-state index >= 15 is 0 Å². The molecule has 2 aliphatic carbocycles.